The Balaban J connectivity index is 2.98. The Morgan fingerprint density at radius 2 is 1.55 bits per heavy atom. The summed E-state index contributed by atoms with van der Waals surface area (Å²) in [4.78, 5) is 26.2. The van der Waals surface area contributed by atoms with Gasteiger partial charge in [-0.1, -0.05) is 11.3 Å². The molecule has 0 spiro atoms. The Bertz CT molecular complexity index is 313. The monoisotopic (exact) mass is 166 g/mol. The van der Waals surface area contributed by atoms with Gasteiger partial charge in [0.25, 0.3) is 0 Å². The Labute approximate surface area is 65.9 Å². The highest BCUT2D eigenvalue weighted by Crippen LogP contribution is 2.30. The number of carbonyl (C=O) groups excluding carboxylic acids is 2. The Kier molecular flexibility index (Phi) is 2.47. The lowest BCUT2D eigenvalue weighted by Crippen LogP contribution is -1.45. The molecular formula is C6H2N2O2S. The van der Waals surface area contributed by atoms with Gasteiger partial charge in [-0.05, 0) is 12.1 Å². The summed E-state index contributed by atoms with van der Waals surface area (Å²) in [6, 6.07) is 3.15. The first-order valence-electron chi connectivity index (χ1n) is 2.62. The molecule has 54 valence electrons. The van der Waals surface area contributed by atoms with E-state index in [1.807, 2.05) is 0 Å². The summed E-state index contributed by atoms with van der Waals surface area (Å²) in [6.07, 6.45) is 2.77. The van der Waals surface area contributed by atoms with Gasteiger partial charge in [0, 0.05) is 0 Å². The van der Waals surface area contributed by atoms with Crippen molar-refractivity contribution in [2.45, 2.75) is 0 Å². The maximum Gasteiger partial charge on any atom is 0.241 e. The van der Waals surface area contributed by atoms with Crippen LogP contribution in [0.3, 0.4) is 0 Å². The molecule has 1 aromatic rings. The van der Waals surface area contributed by atoms with Crippen LogP contribution < -0.4 is 0 Å². The van der Waals surface area contributed by atoms with E-state index >= 15 is 0 Å². The summed E-state index contributed by atoms with van der Waals surface area (Å²) < 4.78 is 0. The van der Waals surface area contributed by atoms with Crippen molar-refractivity contribution in [1.82, 2.24) is 0 Å². The average Bonchev–Trinajstić information content (AvgIpc) is 2.38. The van der Waals surface area contributed by atoms with Gasteiger partial charge >= 0.3 is 0 Å². The molecule has 0 unspecified atom stereocenters. The van der Waals surface area contributed by atoms with Crippen LogP contribution in [-0.4, -0.2) is 12.2 Å². The van der Waals surface area contributed by atoms with Crippen molar-refractivity contribution < 1.29 is 9.59 Å². The first kappa shape index (κ1) is 7.57. The number of nitrogens with zero attached hydrogens (tertiary/aromatic N) is 2. The van der Waals surface area contributed by atoms with Gasteiger partial charge in [0.1, 0.15) is 10.0 Å². The normalized spacial score (nSPS) is 8.00. The predicted octanol–water partition coefficient (Wildman–Crippen LogP) is 1.68. The molecule has 1 rings (SSSR count). The molecular weight excluding hydrogens is 164 g/mol. The Morgan fingerprint density at radius 1 is 1.09 bits per heavy atom. The molecule has 5 heteroatoms. The molecule has 4 nitrogen and oxygen atoms in total. The van der Waals surface area contributed by atoms with Gasteiger partial charge in [-0.25, -0.2) is 9.59 Å². The van der Waals surface area contributed by atoms with Crippen LogP contribution in [0.2, 0.25) is 0 Å². The van der Waals surface area contributed by atoms with Crippen molar-refractivity contribution >= 4 is 33.5 Å². The number of rotatable bonds is 2. The molecule has 0 aliphatic heterocycles. The molecule has 0 aliphatic carbocycles. The third-order valence-electron chi connectivity index (χ3n) is 0.889. The van der Waals surface area contributed by atoms with Crippen molar-refractivity contribution in [2.75, 3.05) is 0 Å². The Morgan fingerprint density at radius 3 is 1.91 bits per heavy atom. The minimum atomic E-state index is 0.481. The summed E-state index contributed by atoms with van der Waals surface area (Å²) in [5, 5.41) is 0.961. The zero-order chi connectivity index (χ0) is 8.10. The molecule has 0 fully saturated rings. The lowest BCUT2D eigenvalue weighted by atomic mass is 10.6. The van der Waals surface area contributed by atoms with Gasteiger partial charge in [-0.3, -0.25) is 0 Å². The zero-order valence-electron chi connectivity index (χ0n) is 5.27. The molecule has 0 aliphatic rings. The first-order chi connectivity index (χ1) is 5.36. The van der Waals surface area contributed by atoms with Crippen LogP contribution in [0.1, 0.15) is 0 Å². The second-order valence-corrected chi connectivity index (χ2v) is 2.56. The van der Waals surface area contributed by atoms with Crippen molar-refractivity contribution in [1.29, 1.82) is 0 Å². The van der Waals surface area contributed by atoms with Gasteiger partial charge in [-0.15, -0.1) is 0 Å². The van der Waals surface area contributed by atoms with Crippen LogP contribution in [-0.2, 0) is 9.59 Å². The maximum absolute atomic E-state index is 9.75. The van der Waals surface area contributed by atoms with Gasteiger partial charge in [0.05, 0.1) is 0 Å². The fourth-order valence-electron chi connectivity index (χ4n) is 0.528. The van der Waals surface area contributed by atoms with Gasteiger partial charge in [-0.2, -0.15) is 9.98 Å². The van der Waals surface area contributed by atoms with Crippen LogP contribution in [0.4, 0.5) is 10.0 Å². The van der Waals surface area contributed by atoms with E-state index < -0.39 is 0 Å². The van der Waals surface area contributed by atoms with Crippen LogP contribution in [0.5, 0.6) is 0 Å². The maximum atomic E-state index is 9.75. The lowest BCUT2D eigenvalue weighted by Gasteiger charge is -1.73. The van der Waals surface area contributed by atoms with Crippen molar-refractivity contribution in [3.63, 3.8) is 0 Å². The molecule has 0 atom stereocenters. The SMILES string of the molecule is O=C=Nc1ccc(N=C=O)s1. The largest absolute Gasteiger partial charge is 0.241 e. The van der Waals surface area contributed by atoms with Crippen LogP contribution >= 0.6 is 11.3 Å². The highest BCUT2D eigenvalue weighted by atomic mass is 32.1. The third-order valence-corrected chi connectivity index (χ3v) is 1.76. The number of hydrogen-bond donors (Lipinski definition) is 0. The van der Waals surface area contributed by atoms with Crippen molar-refractivity contribution in [2.24, 2.45) is 9.98 Å². The molecule has 1 aromatic heterocycles. The molecule has 0 N–H and O–H groups in total. The Hall–Kier alpha value is -1.54. The van der Waals surface area contributed by atoms with Gasteiger partial charge < -0.3 is 0 Å². The minimum Gasteiger partial charge on any atom is -0.211 e. The summed E-state index contributed by atoms with van der Waals surface area (Å²) in [7, 11) is 0. The summed E-state index contributed by atoms with van der Waals surface area (Å²) in [5.41, 5.74) is 0. The molecule has 1 heterocycles. The predicted molar refractivity (Wildman–Crippen MR) is 39.9 cm³/mol. The molecule has 0 saturated carbocycles. The van der Waals surface area contributed by atoms with Gasteiger partial charge in [0.2, 0.25) is 12.2 Å². The smallest absolute Gasteiger partial charge is 0.211 e. The summed E-state index contributed by atoms with van der Waals surface area (Å²) in [5.74, 6) is 0. The molecule has 0 amide bonds. The fraction of sp³-hybridized carbons (Fsp3) is 0. The number of aliphatic imine (C=N–C) groups is 2. The van der Waals surface area contributed by atoms with Crippen LogP contribution in [0.25, 0.3) is 0 Å². The fourth-order valence-corrected chi connectivity index (χ4v) is 1.18. The topological polar surface area (TPSA) is 58.9 Å². The molecule has 11 heavy (non-hydrogen) atoms. The van der Waals surface area contributed by atoms with E-state index in [4.69, 9.17) is 0 Å². The highest BCUT2D eigenvalue weighted by Gasteiger charge is 1.94. The second kappa shape index (κ2) is 3.58. The number of isocyanates is 2. The lowest BCUT2D eigenvalue weighted by molar-refractivity contribution is 0.564. The standard InChI is InChI=1S/C6H2N2O2S/c9-3-7-5-1-2-6(11-5)8-4-10/h1-2H. The van der Waals surface area contributed by atoms with E-state index in [9.17, 15) is 9.59 Å². The molecule has 0 radical (unpaired) electrons. The van der Waals surface area contributed by atoms with E-state index in [2.05, 4.69) is 9.98 Å². The highest BCUT2D eigenvalue weighted by molar-refractivity contribution is 7.19. The van der Waals surface area contributed by atoms with Crippen LogP contribution in [0, 0.1) is 0 Å². The quantitative estimate of drug-likeness (QED) is 0.495. The first-order valence-corrected chi connectivity index (χ1v) is 3.44. The number of thiophene rings is 1. The van der Waals surface area contributed by atoms with E-state index in [1.165, 1.54) is 12.2 Å². The molecule has 0 saturated heterocycles. The van der Waals surface area contributed by atoms with Gasteiger partial charge in [0.15, 0.2) is 0 Å². The van der Waals surface area contributed by atoms with E-state index in [-0.39, 0.29) is 0 Å². The van der Waals surface area contributed by atoms with E-state index in [1.54, 1.807) is 12.1 Å². The molecule has 0 bridgehead atoms. The van der Waals surface area contributed by atoms with E-state index in [0.29, 0.717) is 10.0 Å². The second-order valence-electron chi connectivity index (χ2n) is 1.52. The third kappa shape index (κ3) is 1.95. The van der Waals surface area contributed by atoms with Crippen molar-refractivity contribution in [3.05, 3.63) is 12.1 Å². The summed E-state index contributed by atoms with van der Waals surface area (Å²) in [6.45, 7) is 0. The van der Waals surface area contributed by atoms with E-state index in [0.717, 1.165) is 11.3 Å². The zero-order valence-corrected chi connectivity index (χ0v) is 6.09. The average molecular weight is 166 g/mol. The minimum absolute atomic E-state index is 0.481. The number of hydrogen-bond acceptors (Lipinski definition) is 5. The summed E-state index contributed by atoms with van der Waals surface area (Å²) >= 11 is 1.12. The molecule has 0 aromatic carbocycles. The van der Waals surface area contributed by atoms with Crippen molar-refractivity contribution in [3.8, 4) is 0 Å². The van der Waals surface area contributed by atoms with Crippen LogP contribution in [0.15, 0.2) is 22.1 Å².